The smallest absolute Gasteiger partial charge is 0.0397 e. The van der Waals surface area contributed by atoms with Crippen molar-refractivity contribution in [2.24, 2.45) is 5.92 Å². The molecule has 1 N–H and O–H groups in total. The number of fused-ring (bicyclic) bond motifs is 1. The van der Waals surface area contributed by atoms with Crippen molar-refractivity contribution in [3.05, 3.63) is 29.3 Å². The molecule has 1 atom stereocenters. The van der Waals surface area contributed by atoms with E-state index in [0.717, 1.165) is 19.0 Å². The fraction of sp³-hybridized carbons (Fsp3) is 0.647. The summed E-state index contributed by atoms with van der Waals surface area (Å²) in [5.41, 5.74) is 4.35. The van der Waals surface area contributed by atoms with E-state index in [9.17, 15) is 0 Å². The van der Waals surface area contributed by atoms with E-state index in [1.54, 1.807) is 0 Å². The third-order valence-corrected chi connectivity index (χ3v) is 4.10. The van der Waals surface area contributed by atoms with Gasteiger partial charge in [-0.25, -0.2) is 0 Å². The molecule has 1 aliphatic rings. The highest BCUT2D eigenvalue weighted by atomic mass is 15.1. The topological polar surface area (TPSA) is 15.3 Å². The Kier molecular flexibility index (Phi) is 4.87. The van der Waals surface area contributed by atoms with Gasteiger partial charge in [-0.2, -0.15) is 0 Å². The number of nitrogens with one attached hydrogen (secondary N) is 1. The van der Waals surface area contributed by atoms with Gasteiger partial charge in [-0.05, 0) is 49.3 Å². The van der Waals surface area contributed by atoms with Gasteiger partial charge >= 0.3 is 0 Å². The Labute approximate surface area is 118 Å². The van der Waals surface area contributed by atoms with Crippen molar-refractivity contribution in [3.63, 3.8) is 0 Å². The van der Waals surface area contributed by atoms with Crippen molar-refractivity contribution in [3.8, 4) is 0 Å². The molecule has 1 aromatic carbocycles. The summed E-state index contributed by atoms with van der Waals surface area (Å²) in [6.45, 7) is 9.05. The highest BCUT2D eigenvalue weighted by Crippen LogP contribution is 2.27. The van der Waals surface area contributed by atoms with Crippen molar-refractivity contribution < 1.29 is 0 Å². The SMILES string of the molecule is CC(C)CCC(C)NCc1ccc2c(c1)CCN2C. The van der Waals surface area contributed by atoms with Gasteiger partial charge in [0.15, 0.2) is 0 Å². The van der Waals surface area contributed by atoms with Gasteiger partial charge in [-0.15, -0.1) is 0 Å². The van der Waals surface area contributed by atoms with Crippen LogP contribution in [0.3, 0.4) is 0 Å². The molecule has 0 fully saturated rings. The minimum Gasteiger partial charge on any atom is -0.374 e. The summed E-state index contributed by atoms with van der Waals surface area (Å²) < 4.78 is 0. The Balaban J connectivity index is 1.83. The van der Waals surface area contributed by atoms with Crippen LogP contribution >= 0.6 is 0 Å². The molecule has 2 heteroatoms. The number of likely N-dealkylation sites (N-methyl/N-ethyl adjacent to an activating group) is 1. The van der Waals surface area contributed by atoms with Gasteiger partial charge in [0.2, 0.25) is 0 Å². The van der Waals surface area contributed by atoms with E-state index in [1.807, 2.05) is 0 Å². The number of benzene rings is 1. The average molecular weight is 260 g/mol. The first-order chi connectivity index (χ1) is 9.06. The minimum atomic E-state index is 0.610. The zero-order chi connectivity index (χ0) is 13.8. The van der Waals surface area contributed by atoms with Gasteiger partial charge in [-0.3, -0.25) is 0 Å². The van der Waals surface area contributed by atoms with Gasteiger partial charge in [-0.1, -0.05) is 26.0 Å². The largest absolute Gasteiger partial charge is 0.374 e. The molecule has 106 valence electrons. The molecule has 0 spiro atoms. The fourth-order valence-corrected chi connectivity index (χ4v) is 2.71. The number of hydrogen-bond acceptors (Lipinski definition) is 2. The lowest BCUT2D eigenvalue weighted by molar-refractivity contribution is 0.451. The van der Waals surface area contributed by atoms with Crippen molar-refractivity contribution in [1.29, 1.82) is 0 Å². The van der Waals surface area contributed by atoms with E-state index < -0.39 is 0 Å². The maximum absolute atomic E-state index is 3.64. The third kappa shape index (κ3) is 3.97. The van der Waals surface area contributed by atoms with Crippen LogP contribution in [-0.4, -0.2) is 19.6 Å². The van der Waals surface area contributed by atoms with Crippen LogP contribution in [-0.2, 0) is 13.0 Å². The zero-order valence-electron chi connectivity index (χ0n) is 12.9. The van der Waals surface area contributed by atoms with Crippen LogP contribution in [0.4, 0.5) is 5.69 Å². The van der Waals surface area contributed by atoms with Crippen molar-refractivity contribution in [2.45, 2.75) is 52.6 Å². The summed E-state index contributed by atoms with van der Waals surface area (Å²) in [4.78, 5) is 2.35. The Morgan fingerprint density at radius 3 is 2.74 bits per heavy atom. The number of hydrogen-bond donors (Lipinski definition) is 1. The number of rotatable bonds is 6. The third-order valence-electron chi connectivity index (χ3n) is 4.10. The molecule has 0 bridgehead atoms. The van der Waals surface area contributed by atoms with Gasteiger partial charge in [0.25, 0.3) is 0 Å². The quantitative estimate of drug-likeness (QED) is 0.841. The molecular weight excluding hydrogens is 232 g/mol. The van der Waals surface area contributed by atoms with Crippen LogP contribution in [0, 0.1) is 5.92 Å². The maximum Gasteiger partial charge on any atom is 0.0397 e. The lowest BCUT2D eigenvalue weighted by Gasteiger charge is -2.16. The summed E-state index contributed by atoms with van der Waals surface area (Å²) in [6, 6.07) is 7.53. The Morgan fingerprint density at radius 2 is 2.00 bits per heavy atom. The Bertz CT molecular complexity index is 412. The van der Waals surface area contributed by atoms with Gasteiger partial charge in [0.05, 0.1) is 0 Å². The molecule has 2 nitrogen and oxygen atoms in total. The summed E-state index contributed by atoms with van der Waals surface area (Å²) in [7, 11) is 2.18. The first kappa shape index (κ1) is 14.4. The normalized spacial score (nSPS) is 15.9. The van der Waals surface area contributed by atoms with Crippen molar-refractivity contribution in [1.82, 2.24) is 5.32 Å². The molecule has 1 unspecified atom stereocenters. The molecule has 1 heterocycles. The van der Waals surface area contributed by atoms with Crippen LogP contribution in [0.2, 0.25) is 0 Å². The second kappa shape index (κ2) is 6.42. The van der Waals surface area contributed by atoms with Crippen LogP contribution in [0.25, 0.3) is 0 Å². The second-order valence-electron chi connectivity index (χ2n) is 6.39. The van der Waals surface area contributed by atoms with Crippen molar-refractivity contribution in [2.75, 3.05) is 18.5 Å². The Hall–Kier alpha value is -1.02. The average Bonchev–Trinajstić information content (AvgIpc) is 2.75. The van der Waals surface area contributed by atoms with E-state index in [1.165, 1.54) is 36.1 Å². The monoisotopic (exact) mass is 260 g/mol. The maximum atomic E-state index is 3.64. The lowest BCUT2D eigenvalue weighted by Crippen LogP contribution is -2.25. The molecule has 0 aliphatic carbocycles. The van der Waals surface area contributed by atoms with Gasteiger partial charge in [0.1, 0.15) is 0 Å². The molecular formula is C17H28N2. The highest BCUT2D eigenvalue weighted by molar-refractivity contribution is 5.58. The van der Waals surface area contributed by atoms with E-state index in [-0.39, 0.29) is 0 Å². The summed E-state index contributed by atoms with van der Waals surface area (Å²) in [5, 5.41) is 3.64. The molecule has 0 radical (unpaired) electrons. The molecule has 0 saturated heterocycles. The molecule has 19 heavy (non-hydrogen) atoms. The number of nitrogens with zero attached hydrogens (tertiary/aromatic N) is 1. The zero-order valence-corrected chi connectivity index (χ0v) is 12.9. The predicted molar refractivity (Wildman–Crippen MR) is 83.8 cm³/mol. The minimum absolute atomic E-state index is 0.610. The van der Waals surface area contributed by atoms with E-state index in [2.05, 4.69) is 56.2 Å². The standard InChI is InChI=1S/C17H28N2/c1-13(2)5-6-14(3)18-12-15-7-8-17-16(11-15)9-10-19(17)4/h7-8,11,13-14,18H,5-6,9-10,12H2,1-4H3. The second-order valence-corrected chi connectivity index (χ2v) is 6.39. The van der Waals surface area contributed by atoms with Crippen LogP contribution in [0.1, 0.15) is 44.7 Å². The Morgan fingerprint density at radius 1 is 1.21 bits per heavy atom. The number of anilines is 1. The molecule has 1 aromatic rings. The molecule has 2 rings (SSSR count). The first-order valence-electron chi connectivity index (χ1n) is 7.62. The predicted octanol–water partition coefficient (Wildman–Crippen LogP) is 3.59. The van der Waals surface area contributed by atoms with Crippen LogP contribution in [0.5, 0.6) is 0 Å². The fourth-order valence-electron chi connectivity index (χ4n) is 2.71. The van der Waals surface area contributed by atoms with Crippen LogP contribution in [0.15, 0.2) is 18.2 Å². The summed E-state index contributed by atoms with van der Waals surface area (Å²) in [6.07, 6.45) is 3.77. The molecule has 0 amide bonds. The summed E-state index contributed by atoms with van der Waals surface area (Å²) in [5.74, 6) is 0.805. The molecule has 0 aromatic heterocycles. The summed E-state index contributed by atoms with van der Waals surface area (Å²) >= 11 is 0. The van der Waals surface area contributed by atoms with Gasteiger partial charge < -0.3 is 10.2 Å². The van der Waals surface area contributed by atoms with E-state index >= 15 is 0 Å². The van der Waals surface area contributed by atoms with E-state index in [0.29, 0.717) is 6.04 Å². The highest BCUT2D eigenvalue weighted by Gasteiger charge is 2.15. The molecule has 0 saturated carbocycles. The first-order valence-corrected chi connectivity index (χ1v) is 7.62. The van der Waals surface area contributed by atoms with Crippen molar-refractivity contribution >= 4 is 5.69 Å². The van der Waals surface area contributed by atoms with E-state index in [4.69, 9.17) is 0 Å². The van der Waals surface area contributed by atoms with Crippen LogP contribution < -0.4 is 10.2 Å². The molecule has 1 aliphatic heterocycles. The van der Waals surface area contributed by atoms with Gasteiger partial charge in [0, 0.05) is 31.9 Å². The lowest BCUT2D eigenvalue weighted by atomic mass is 10.0.